The minimum Gasteiger partial charge on any atom is -0.465 e. The largest absolute Gasteiger partial charge is 0.465 e. The number of amides is 4. The Balaban J connectivity index is 1.69. The van der Waals surface area contributed by atoms with E-state index in [4.69, 9.17) is 10.2 Å². The number of hydrogen-bond acceptors (Lipinski definition) is 9. The molecule has 0 atom stereocenters. The highest BCUT2D eigenvalue weighted by atomic mass is 32.1. The van der Waals surface area contributed by atoms with Gasteiger partial charge in [0.1, 0.15) is 0 Å². The second-order valence-electron chi connectivity index (χ2n) is 8.71. The Labute approximate surface area is 237 Å². The normalized spacial score (nSPS) is 10.5. The number of benzene rings is 2. The van der Waals surface area contributed by atoms with E-state index in [9.17, 15) is 29.3 Å². The average Bonchev–Trinajstić information content (AvgIpc) is 3.26. The summed E-state index contributed by atoms with van der Waals surface area (Å²) < 4.78 is 0. The fourth-order valence-corrected chi connectivity index (χ4v) is 4.80. The van der Waals surface area contributed by atoms with Gasteiger partial charge in [-0.2, -0.15) is 0 Å². The topological polar surface area (TPSA) is 216 Å². The highest BCUT2D eigenvalue weighted by Crippen LogP contribution is 2.27. The van der Waals surface area contributed by atoms with E-state index in [2.05, 4.69) is 15.6 Å². The van der Waals surface area contributed by atoms with Crippen molar-refractivity contribution < 1.29 is 34.3 Å². The molecule has 0 aliphatic carbocycles. The second kappa shape index (κ2) is 13.7. The summed E-state index contributed by atoms with van der Waals surface area (Å²) >= 11 is 1.24. The lowest BCUT2D eigenvalue weighted by atomic mass is 10.1. The number of carbonyl (C=O) groups excluding carboxylic acids is 2. The van der Waals surface area contributed by atoms with Gasteiger partial charge in [-0.3, -0.25) is 30.3 Å². The van der Waals surface area contributed by atoms with Gasteiger partial charge < -0.3 is 25.7 Å². The molecule has 6 N–H and O–H groups in total. The van der Waals surface area contributed by atoms with Gasteiger partial charge in [-0.1, -0.05) is 23.5 Å². The van der Waals surface area contributed by atoms with Crippen LogP contribution in [0.25, 0.3) is 0 Å². The van der Waals surface area contributed by atoms with E-state index in [1.165, 1.54) is 47.4 Å². The van der Waals surface area contributed by atoms with Crippen molar-refractivity contribution in [2.24, 2.45) is 0 Å². The predicted octanol–water partition coefficient (Wildman–Crippen LogP) is 3.30. The van der Waals surface area contributed by atoms with E-state index in [1.807, 2.05) is 10.6 Å². The Morgan fingerprint density at radius 1 is 1.00 bits per heavy atom. The van der Waals surface area contributed by atoms with Gasteiger partial charge in [0.25, 0.3) is 11.6 Å². The SMILES string of the molecule is CC(=O)Nc1nc(CCc2ccc(NC(NC(=O)O)NC(=O)O)cc2)c(CN(C)C(=O)c2ccc([N+](=O)[O-])cc2)s1. The first kappa shape index (κ1) is 30.3. The summed E-state index contributed by atoms with van der Waals surface area (Å²) in [6.07, 6.45) is -3.06. The van der Waals surface area contributed by atoms with Gasteiger partial charge in [0, 0.05) is 42.2 Å². The molecule has 0 spiro atoms. The summed E-state index contributed by atoms with van der Waals surface area (Å²) in [6.45, 7) is 1.56. The molecule has 4 amide bonds. The van der Waals surface area contributed by atoms with Crippen LogP contribution in [0.4, 0.5) is 26.1 Å². The first-order valence-electron chi connectivity index (χ1n) is 12.0. The van der Waals surface area contributed by atoms with Crippen LogP contribution in [-0.4, -0.2) is 62.4 Å². The maximum Gasteiger partial charge on any atom is 0.407 e. The fraction of sp³-hybridized carbons (Fsp3) is 0.240. The molecule has 41 heavy (non-hydrogen) atoms. The van der Waals surface area contributed by atoms with Crippen LogP contribution in [-0.2, 0) is 24.2 Å². The fourth-order valence-electron chi connectivity index (χ4n) is 3.69. The zero-order chi connectivity index (χ0) is 30.1. The summed E-state index contributed by atoms with van der Waals surface area (Å²) in [7, 11) is 1.60. The Morgan fingerprint density at radius 3 is 2.15 bits per heavy atom. The molecule has 0 fully saturated rings. The van der Waals surface area contributed by atoms with Crippen molar-refractivity contribution in [3.8, 4) is 0 Å². The third-order valence-corrected chi connectivity index (χ3v) is 6.56. The maximum atomic E-state index is 12.9. The van der Waals surface area contributed by atoms with Crippen LogP contribution in [0.5, 0.6) is 0 Å². The molecule has 0 bridgehead atoms. The van der Waals surface area contributed by atoms with Crippen LogP contribution in [0.3, 0.4) is 0 Å². The van der Waals surface area contributed by atoms with Crippen molar-refractivity contribution in [3.63, 3.8) is 0 Å². The number of aromatic nitrogens is 1. The van der Waals surface area contributed by atoms with E-state index in [0.29, 0.717) is 34.9 Å². The number of anilines is 2. The number of rotatable bonds is 12. The Hall–Kier alpha value is -5.25. The van der Waals surface area contributed by atoms with E-state index in [0.717, 1.165) is 10.4 Å². The van der Waals surface area contributed by atoms with Crippen LogP contribution in [0.1, 0.15) is 33.4 Å². The number of nitrogens with one attached hydrogen (secondary N) is 4. The van der Waals surface area contributed by atoms with Crippen molar-refractivity contribution in [2.75, 3.05) is 17.7 Å². The van der Waals surface area contributed by atoms with Crippen molar-refractivity contribution >= 4 is 51.8 Å². The van der Waals surface area contributed by atoms with Gasteiger partial charge in [0.05, 0.1) is 17.2 Å². The maximum absolute atomic E-state index is 12.9. The van der Waals surface area contributed by atoms with Gasteiger partial charge in [-0.15, -0.1) is 0 Å². The highest BCUT2D eigenvalue weighted by molar-refractivity contribution is 7.15. The molecule has 1 aromatic heterocycles. The smallest absolute Gasteiger partial charge is 0.407 e. The van der Waals surface area contributed by atoms with Crippen LogP contribution in [0.15, 0.2) is 48.5 Å². The van der Waals surface area contributed by atoms with E-state index >= 15 is 0 Å². The quantitative estimate of drug-likeness (QED) is 0.103. The highest BCUT2D eigenvalue weighted by Gasteiger charge is 2.19. The summed E-state index contributed by atoms with van der Waals surface area (Å²) in [5.41, 5.74) is 2.22. The molecule has 0 radical (unpaired) electrons. The molecule has 3 rings (SSSR count). The van der Waals surface area contributed by atoms with Gasteiger partial charge in [0.2, 0.25) is 5.91 Å². The Morgan fingerprint density at radius 2 is 1.61 bits per heavy atom. The van der Waals surface area contributed by atoms with Crippen molar-refractivity contribution in [1.29, 1.82) is 0 Å². The molecular formula is C25H27N7O8S. The molecule has 0 saturated carbocycles. The third-order valence-electron chi connectivity index (χ3n) is 5.56. The molecule has 16 heteroatoms. The van der Waals surface area contributed by atoms with Crippen LogP contribution >= 0.6 is 11.3 Å². The summed E-state index contributed by atoms with van der Waals surface area (Å²) in [4.78, 5) is 63.4. The second-order valence-corrected chi connectivity index (χ2v) is 9.79. The van der Waals surface area contributed by atoms with E-state index in [-0.39, 0.29) is 24.0 Å². The van der Waals surface area contributed by atoms with Crippen molar-refractivity contribution in [2.45, 2.75) is 32.6 Å². The first-order valence-corrected chi connectivity index (χ1v) is 12.8. The Kier molecular flexibility index (Phi) is 10.1. The molecule has 2 aromatic carbocycles. The first-order chi connectivity index (χ1) is 19.4. The van der Waals surface area contributed by atoms with E-state index in [1.54, 1.807) is 31.3 Å². The van der Waals surface area contributed by atoms with Crippen LogP contribution < -0.4 is 21.3 Å². The van der Waals surface area contributed by atoms with Gasteiger partial charge >= 0.3 is 12.2 Å². The molecule has 0 unspecified atom stereocenters. The molecule has 15 nitrogen and oxygen atoms in total. The lowest BCUT2D eigenvalue weighted by Gasteiger charge is -2.19. The summed E-state index contributed by atoms with van der Waals surface area (Å²) in [5, 5.41) is 38.4. The zero-order valence-corrected chi connectivity index (χ0v) is 22.7. The summed E-state index contributed by atoms with van der Waals surface area (Å²) in [5.74, 6) is -0.625. The van der Waals surface area contributed by atoms with Crippen LogP contribution in [0.2, 0.25) is 0 Å². The van der Waals surface area contributed by atoms with Crippen molar-refractivity contribution in [1.82, 2.24) is 20.5 Å². The van der Waals surface area contributed by atoms with Gasteiger partial charge in [-0.05, 0) is 42.7 Å². The number of nitrogens with zero attached hydrogens (tertiary/aromatic N) is 3. The molecule has 0 aliphatic heterocycles. The number of hydrogen-bond donors (Lipinski definition) is 6. The molecular weight excluding hydrogens is 558 g/mol. The monoisotopic (exact) mass is 585 g/mol. The molecule has 3 aromatic rings. The van der Waals surface area contributed by atoms with Gasteiger partial charge in [-0.25, -0.2) is 14.6 Å². The number of nitro benzene ring substituents is 1. The minimum atomic E-state index is -1.41. The predicted molar refractivity (Wildman–Crippen MR) is 149 cm³/mol. The number of carboxylic acid groups (broad SMARTS) is 2. The van der Waals surface area contributed by atoms with Crippen molar-refractivity contribution in [3.05, 3.63) is 80.3 Å². The van der Waals surface area contributed by atoms with Gasteiger partial charge in [0.15, 0.2) is 11.4 Å². The molecule has 216 valence electrons. The minimum absolute atomic E-state index is 0.119. The standard InChI is InChI=1S/C25H27N7O8S/c1-14(33)26-23-28-19(20(41-23)13-31(2)21(34)16-6-10-18(11-7-16)32(39)40)12-5-15-3-8-17(9-4-15)27-22(29-24(35)36)30-25(37)38/h3-4,6-11,22,27,29-30H,5,12-13H2,1-2H3,(H,35,36)(H,37,38)(H,26,28,33). The number of carbonyl (C=O) groups is 4. The lowest BCUT2D eigenvalue weighted by Crippen LogP contribution is -2.52. The number of thiazole rings is 1. The average molecular weight is 586 g/mol. The molecule has 0 saturated heterocycles. The van der Waals surface area contributed by atoms with E-state index < -0.39 is 23.4 Å². The number of nitro groups is 1. The lowest BCUT2D eigenvalue weighted by molar-refractivity contribution is -0.384. The molecule has 0 aliphatic rings. The molecule has 1 heterocycles. The zero-order valence-electron chi connectivity index (χ0n) is 21.9. The Bertz CT molecular complexity index is 1410. The third kappa shape index (κ3) is 9.17. The number of non-ortho nitro benzene ring substituents is 1. The number of aryl methyl sites for hydroxylation is 2. The summed E-state index contributed by atoms with van der Waals surface area (Å²) in [6, 6.07) is 12.2. The van der Waals surface area contributed by atoms with Crippen LogP contribution in [0, 0.1) is 10.1 Å².